The van der Waals surface area contributed by atoms with Crippen molar-refractivity contribution in [3.05, 3.63) is 17.7 Å². The molecule has 1 aromatic heterocycles. The van der Waals surface area contributed by atoms with Crippen molar-refractivity contribution < 1.29 is 22.8 Å². The van der Waals surface area contributed by atoms with Crippen LogP contribution in [-0.4, -0.2) is 46.3 Å². The van der Waals surface area contributed by atoms with Crippen LogP contribution in [0.25, 0.3) is 0 Å². The summed E-state index contributed by atoms with van der Waals surface area (Å²) in [5.41, 5.74) is -0.885. The number of carbonyl (C=O) groups excluding carboxylic acids is 2. The van der Waals surface area contributed by atoms with Crippen LogP contribution in [0.3, 0.4) is 0 Å². The number of likely N-dealkylation sites (tertiary alicyclic amines) is 1. The summed E-state index contributed by atoms with van der Waals surface area (Å²) in [4.78, 5) is 30.4. The van der Waals surface area contributed by atoms with Crippen molar-refractivity contribution in [3.8, 4) is 0 Å². The molecule has 2 rings (SSSR count). The number of rotatable bonds is 3. The van der Waals surface area contributed by atoms with Crippen LogP contribution in [0.2, 0.25) is 0 Å². The Morgan fingerprint density at radius 2 is 2.23 bits per heavy atom. The molecular formula is C13H17F3N4O2. The van der Waals surface area contributed by atoms with Gasteiger partial charge in [-0.25, -0.2) is 4.98 Å². The highest BCUT2D eigenvalue weighted by atomic mass is 19.4. The Kier molecular flexibility index (Phi) is 4.72. The number of nitrogens with one attached hydrogen (secondary N) is 2. The summed E-state index contributed by atoms with van der Waals surface area (Å²) >= 11 is 0. The number of H-pyrrole nitrogens is 1. The topological polar surface area (TPSA) is 78.1 Å². The number of aromatic amines is 1. The predicted molar refractivity (Wildman–Crippen MR) is 70.8 cm³/mol. The van der Waals surface area contributed by atoms with E-state index >= 15 is 0 Å². The second kappa shape index (κ2) is 6.37. The Morgan fingerprint density at radius 1 is 1.50 bits per heavy atom. The quantitative estimate of drug-likeness (QED) is 0.881. The monoisotopic (exact) mass is 318 g/mol. The van der Waals surface area contributed by atoms with E-state index in [-0.39, 0.29) is 30.1 Å². The van der Waals surface area contributed by atoms with Crippen LogP contribution < -0.4 is 5.32 Å². The van der Waals surface area contributed by atoms with Gasteiger partial charge in [0.25, 0.3) is 0 Å². The highest BCUT2D eigenvalue weighted by molar-refractivity contribution is 5.83. The van der Waals surface area contributed by atoms with Gasteiger partial charge in [-0.1, -0.05) is 0 Å². The summed E-state index contributed by atoms with van der Waals surface area (Å²) in [5.74, 6) is -0.569. The van der Waals surface area contributed by atoms with E-state index in [1.807, 2.05) is 0 Å². The van der Waals surface area contributed by atoms with Crippen LogP contribution in [0.1, 0.15) is 37.2 Å². The molecule has 0 spiro atoms. The summed E-state index contributed by atoms with van der Waals surface area (Å²) in [7, 11) is 0. The minimum absolute atomic E-state index is 0.103. The molecule has 2 amide bonds. The normalized spacial score (nSPS) is 19.1. The maximum Gasteiger partial charge on any atom is 0.432 e. The Labute approximate surface area is 125 Å². The molecule has 1 unspecified atom stereocenters. The standard InChI is InChI=1S/C13H17F3N4O2/c1-8(21)17-6-11(22)20-4-2-3-9(7-20)12-18-5-10(19-12)13(14,15)16/h5,9H,2-4,6-7H2,1H3,(H,17,21)(H,18,19). The van der Waals surface area contributed by atoms with Gasteiger partial charge >= 0.3 is 6.18 Å². The lowest BCUT2D eigenvalue weighted by atomic mass is 9.97. The molecule has 0 saturated carbocycles. The van der Waals surface area contributed by atoms with Crippen molar-refractivity contribution in [2.75, 3.05) is 19.6 Å². The molecule has 0 aromatic carbocycles. The molecule has 6 nitrogen and oxygen atoms in total. The maximum absolute atomic E-state index is 12.6. The van der Waals surface area contributed by atoms with Crippen molar-refractivity contribution in [2.45, 2.75) is 31.9 Å². The number of hydrogen-bond acceptors (Lipinski definition) is 3. The lowest BCUT2D eigenvalue weighted by Gasteiger charge is -2.32. The summed E-state index contributed by atoms with van der Waals surface area (Å²) in [6.07, 6.45) is -2.35. The zero-order chi connectivity index (χ0) is 16.3. The SMILES string of the molecule is CC(=O)NCC(=O)N1CCCC(c2ncc(C(F)(F)F)[nH]2)C1. The molecule has 1 aliphatic rings. The molecular weight excluding hydrogens is 301 g/mol. The zero-order valence-electron chi connectivity index (χ0n) is 12.0. The highest BCUT2D eigenvalue weighted by Gasteiger charge is 2.34. The molecule has 1 aliphatic heterocycles. The number of aromatic nitrogens is 2. The van der Waals surface area contributed by atoms with E-state index in [1.54, 1.807) is 4.90 Å². The number of alkyl halides is 3. The summed E-state index contributed by atoms with van der Waals surface area (Å²) in [6, 6.07) is 0. The third-order valence-corrected chi connectivity index (χ3v) is 3.55. The van der Waals surface area contributed by atoms with Crippen LogP contribution in [0.4, 0.5) is 13.2 Å². The number of nitrogens with zero attached hydrogens (tertiary/aromatic N) is 2. The lowest BCUT2D eigenvalue weighted by Crippen LogP contribution is -2.44. The van der Waals surface area contributed by atoms with Crippen LogP contribution in [0.5, 0.6) is 0 Å². The third-order valence-electron chi connectivity index (χ3n) is 3.55. The highest BCUT2D eigenvalue weighted by Crippen LogP contribution is 2.30. The van der Waals surface area contributed by atoms with E-state index < -0.39 is 11.9 Å². The van der Waals surface area contributed by atoms with Gasteiger partial charge in [-0.2, -0.15) is 13.2 Å². The van der Waals surface area contributed by atoms with Crippen molar-refractivity contribution in [2.24, 2.45) is 0 Å². The zero-order valence-corrected chi connectivity index (χ0v) is 12.0. The lowest BCUT2D eigenvalue weighted by molar-refractivity contribution is -0.141. The summed E-state index contributed by atoms with van der Waals surface area (Å²) in [5, 5.41) is 2.42. The predicted octanol–water partition coefficient (Wildman–Crippen LogP) is 1.27. The molecule has 1 aromatic rings. The second-order valence-electron chi connectivity index (χ2n) is 5.27. The molecule has 122 valence electrons. The van der Waals surface area contributed by atoms with Crippen LogP contribution in [0, 0.1) is 0 Å². The number of halogens is 3. The minimum atomic E-state index is -4.46. The van der Waals surface area contributed by atoms with E-state index in [4.69, 9.17) is 0 Å². The van der Waals surface area contributed by atoms with Gasteiger partial charge in [-0.05, 0) is 12.8 Å². The van der Waals surface area contributed by atoms with Gasteiger partial charge in [0.05, 0.1) is 12.7 Å². The molecule has 22 heavy (non-hydrogen) atoms. The average Bonchev–Trinajstić information content (AvgIpc) is 2.94. The van der Waals surface area contributed by atoms with Crippen molar-refractivity contribution >= 4 is 11.8 Å². The van der Waals surface area contributed by atoms with Crippen LogP contribution in [-0.2, 0) is 15.8 Å². The molecule has 1 saturated heterocycles. The fourth-order valence-corrected chi connectivity index (χ4v) is 2.43. The van der Waals surface area contributed by atoms with Gasteiger partial charge in [0.2, 0.25) is 11.8 Å². The number of amides is 2. The molecule has 0 radical (unpaired) electrons. The van der Waals surface area contributed by atoms with Gasteiger partial charge in [0, 0.05) is 25.9 Å². The molecule has 0 aliphatic carbocycles. The van der Waals surface area contributed by atoms with Gasteiger partial charge in [-0.15, -0.1) is 0 Å². The maximum atomic E-state index is 12.6. The van der Waals surface area contributed by atoms with Crippen LogP contribution in [0.15, 0.2) is 6.20 Å². The van der Waals surface area contributed by atoms with Gasteiger partial charge in [-0.3, -0.25) is 9.59 Å². The first-order valence-corrected chi connectivity index (χ1v) is 6.91. The first-order valence-electron chi connectivity index (χ1n) is 6.91. The van der Waals surface area contributed by atoms with Crippen LogP contribution >= 0.6 is 0 Å². The third kappa shape index (κ3) is 3.99. The Morgan fingerprint density at radius 3 is 2.82 bits per heavy atom. The van der Waals surface area contributed by atoms with Crippen molar-refractivity contribution in [1.29, 1.82) is 0 Å². The molecule has 2 N–H and O–H groups in total. The largest absolute Gasteiger partial charge is 0.432 e. The average molecular weight is 318 g/mol. The van der Waals surface area contributed by atoms with E-state index in [9.17, 15) is 22.8 Å². The summed E-state index contributed by atoms with van der Waals surface area (Å²) in [6.45, 7) is 2.03. The van der Waals surface area contributed by atoms with E-state index in [0.717, 1.165) is 6.20 Å². The number of carbonyl (C=O) groups is 2. The number of hydrogen-bond donors (Lipinski definition) is 2. The minimum Gasteiger partial charge on any atom is -0.347 e. The Balaban J connectivity index is 2.00. The molecule has 0 bridgehead atoms. The fourth-order valence-electron chi connectivity index (χ4n) is 2.43. The fraction of sp³-hybridized carbons (Fsp3) is 0.615. The van der Waals surface area contributed by atoms with Gasteiger partial charge in [0.15, 0.2) is 0 Å². The number of piperidine rings is 1. The van der Waals surface area contributed by atoms with E-state index in [1.165, 1.54) is 6.92 Å². The van der Waals surface area contributed by atoms with E-state index in [0.29, 0.717) is 25.9 Å². The van der Waals surface area contributed by atoms with Crippen molar-refractivity contribution in [1.82, 2.24) is 20.2 Å². The Bertz CT molecular complexity index is 556. The molecule has 1 fully saturated rings. The molecule has 2 heterocycles. The Hall–Kier alpha value is -2.06. The van der Waals surface area contributed by atoms with Gasteiger partial charge in [0.1, 0.15) is 11.5 Å². The first-order chi connectivity index (χ1) is 10.3. The number of imidazole rings is 1. The van der Waals surface area contributed by atoms with Gasteiger partial charge < -0.3 is 15.2 Å². The summed E-state index contributed by atoms with van der Waals surface area (Å²) < 4.78 is 37.7. The van der Waals surface area contributed by atoms with E-state index in [2.05, 4.69) is 15.3 Å². The second-order valence-corrected chi connectivity index (χ2v) is 5.27. The smallest absolute Gasteiger partial charge is 0.347 e. The first kappa shape index (κ1) is 16.3. The molecule has 1 atom stereocenters. The van der Waals surface area contributed by atoms with Crippen molar-refractivity contribution in [3.63, 3.8) is 0 Å². The molecule has 9 heteroatoms.